The van der Waals surface area contributed by atoms with E-state index in [9.17, 15) is 4.79 Å². The Morgan fingerprint density at radius 1 is 1.50 bits per heavy atom. The molecule has 0 saturated carbocycles. The van der Waals surface area contributed by atoms with E-state index in [2.05, 4.69) is 33.1 Å². The van der Waals surface area contributed by atoms with Crippen molar-refractivity contribution in [2.45, 2.75) is 13.8 Å². The normalized spacial score (nSPS) is 8.79. The Balaban J connectivity index is 2.85. The van der Waals surface area contributed by atoms with Crippen LogP contribution >= 0.6 is 15.9 Å². The van der Waals surface area contributed by atoms with Crippen molar-refractivity contribution in [1.29, 1.82) is 0 Å². The molecule has 0 atom stereocenters. The van der Waals surface area contributed by atoms with E-state index in [1.807, 2.05) is 25.1 Å². The van der Waals surface area contributed by atoms with Gasteiger partial charge in [-0.15, -0.1) is 0 Å². The highest BCUT2D eigenvalue weighted by molar-refractivity contribution is 9.10. The lowest BCUT2D eigenvalue weighted by molar-refractivity contribution is -0.111. The molecule has 3 heteroatoms. The molecule has 0 aromatic heterocycles. The van der Waals surface area contributed by atoms with Crippen LogP contribution in [0.1, 0.15) is 12.5 Å². The summed E-state index contributed by atoms with van der Waals surface area (Å²) in [6.07, 6.45) is 0. The van der Waals surface area contributed by atoms with Crippen molar-refractivity contribution in [1.82, 2.24) is 0 Å². The van der Waals surface area contributed by atoms with Crippen molar-refractivity contribution in [3.63, 3.8) is 0 Å². The van der Waals surface area contributed by atoms with Crippen LogP contribution in [0.15, 0.2) is 22.7 Å². The van der Waals surface area contributed by atoms with Gasteiger partial charge in [-0.25, -0.2) is 0 Å². The number of amides is 1. The number of carbonyl (C=O) groups is 1. The van der Waals surface area contributed by atoms with Crippen LogP contribution < -0.4 is 5.32 Å². The van der Waals surface area contributed by atoms with Gasteiger partial charge in [0.25, 0.3) is 5.91 Å². The summed E-state index contributed by atoms with van der Waals surface area (Å²) >= 11 is 3.36. The first-order chi connectivity index (χ1) is 6.63. The molecule has 0 saturated heterocycles. The monoisotopic (exact) mass is 251 g/mol. The molecule has 1 amide bonds. The minimum Gasteiger partial charge on any atom is -0.314 e. The van der Waals surface area contributed by atoms with Crippen molar-refractivity contribution < 1.29 is 4.79 Å². The Morgan fingerprint density at radius 2 is 2.21 bits per heavy atom. The zero-order valence-corrected chi connectivity index (χ0v) is 9.60. The van der Waals surface area contributed by atoms with Crippen molar-refractivity contribution in [3.05, 3.63) is 28.2 Å². The second kappa shape index (κ2) is 4.83. The van der Waals surface area contributed by atoms with Crippen LogP contribution in [0.4, 0.5) is 5.69 Å². The molecular formula is C11H10BrNO. The Labute approximate surface area is 91.8 Å². The minimum atomic E-state index is -0.294. The number of anilines is 1. The molecule has 72 valence electrons. The van der Waals surface area contributed by atoms with Crippen LogP contribution in [-0.2, 0) is 4.79 Å². The van der Waals surface area contributed by atoms with Gasteiger partial charge in [-0.3, -0.25) is 4.79 Å². The third-order valence-electron chi connectivity index (χ3n) is 1.61. The maximum atomic E-state index is 11.1. The summed E-state index contributed by atoms with van der Waals surface area (Å²) in [6, 6.07) is 5.71. The summed E-state index contributed by atoms with van der Waals surface area (Å²) in [7, 11) is 0. The van der Waals surface area contributed by atoms with Crippen molar-refractivity contribution in [2.75, 3.05) is 5.32 Å². The fourth-order valence-electron chi connectivity index (χ4n) is 0.989. The van der Waals surface area contributed by atoms with E-state index in [-0.39, 0.29) is 5.91 Å². The SMILES string of the molecule is CC#CC(=O)Nc1ccc(C)cc1Br. The summed E-state index contributed by atoms with van der Waals surface area (Å²) in [5.74, 6) is 4.66. The lowest BCUT2D eigenvalue weighted by Crippen LogP contribution is -2.08. The lowest BCUT2D eigenvalue weighted by atomic mass is 10.2. The number of rotatable bonds is 1. The van der Waals surface area contributed by atoms with Gasteiger partial charge in [0.1, 0.15) is 0 Å². The van der Waals surface area contributed by atoms with Gasteiger partial charge in [-0.05, 0) is 53.4 Å². The van der Waals surface area contributed by atoms with Crippen LogP contribution in [0.5, 0.6) is 0 Å². The summed E-state index contributed by atoms with van der Waals surface area (Å²) in [4.78, 5) is 11.1. The number of nitrogens with one attached hydrogen (secondary N) is 1. The maximum absolute atomic E-state index is 11.1. The molecule has 0 radical (unpaired) electrons. The van der Waals surface area contributed by atoms with Crippen LogP contribution in [0.25, 0.3) is 0 Å². The molecule has 0 aliphatic rings. The summed E-state index contributed by atoms with van der Waals surface area (Å²) in [5, 5.41) is 2.68. The molecule has 0 heterocycles. The van der Waals surface area contributed by atoms with E-state index in [0.717, 1.165) is 15.7 Å². The molecule has 0 aliphatic heterocycles. The third kappa shape index (κ3) is 2.90. The summed E-state index contributed by atoms with van der Waals surface area (Å²) < 4.78 is 0.865. The van der Waals surface area contributed by atoms with Crippen molar-refractivity contribution >= 4 is 27.5 Å². The zero-order valence-electron chi connectivity index (χ0n) is 8.02. The highest BCUT2D eigenvalue weighted by Gasteiger charge is 2.02. The fraction of sp³-hybridized carbons (Fsp3) is 0.182. The minimum absolute atomic E-state index is 0.294. The van der Waals surface area contributed by atoms with Gasteiger partial charge in [0.05, 0.1) is 5.69 Å². The van der Waals surface area contributed by atoms with Crippen molar-refractivity contribution in [3.8, 4) is 11.8 Å². The molecular weight excluding hydrogens is 242 g/mol. The number of aryl methyl sites for hydroxylation is 1. The first-order valence-corrected chi connectivity index (χ1v) is 4.92. The largest absolute Gasteiger partial charge is 0.314 e. The molecule has 14 heavy (non-hydrogen) atoms. The lowest BCUT2D eigenvalue weighted by Gasteiger charge is -2.04. The van der Waals surface area contributed by atoms with Crippen LogP contribution in [-0.4, -0.2) is 5.91 Å². The Morgan fingerprint density at radius 3 is 2.79 bits per heavy atom. The first kappa shape index (κ1) is 10.8. The Bertz CT molecular complexity index is 415. The number of hydrogen-bond acceptors (Lipinski definition) is 1. The molecule has 1 rings (SSSR count). The Kier molecular flexibility index (Phi) is 3.73. The van der Waals surface area contributed by atoms with Gasteiger partial charge >= 0.3 is 0 Å². The van der Waals surface area contributed by atoms with E-state index in [1.54, 1.807) is 6.92 Å². The number of carbonyl (C=O) groups excluding carboxylic acids is 1. The van der Waals surface area contributed by atoms with Gasteiger partial charge in [0.15, 0.2) is 0 Å². The molecule has 1 N–H and O–H groups in total. The first-order valence-electron chi connectivity index (χ1n) is 4.13. The van der Waals surface area contributed by atoms with Gasteiger partial charge < -0.3 is 5.32 Å². The van der Waals surface area contributed by atoms with E-state index in [1.165, 1.54) is 0 Å². The topological polar surface area (TPSA) is 29.1 Å². The summed E-state index contributed by atoms with van der Waals surface area (Å²) in [6.45, 7) is 3.62. The molecule has 0 aliphatic carbocycles. The molecule has 0 unspecified atom stereocenters. The molecule has 1 aromatic carbocycles. The smallest absolute Gasteiger partial charge is 0.300 e. The predicted molar refractivity (Wildman–Crippen MR) is 61.0 cm³/mol. The molecule has 2 nitrogen and oxygen atoms in total. The maximum Gasteiger partial charge on any atom is 0.300 e. The number of halogens is 1. The highest BCUT2D eigenvalue weighted by Crippen LogP contribution is 2.22. The average molecular weight is 252 g/mol. The molecule has 0 bridgehead atoms. The van der Waals surface area contributed by atoms with E-state index >= 15 is 0 Å². The van der Waals surface area contributed by atoms with E-state index in [4.69, 9.17) is 0 Å². The number of benzene rings is 1. The standard InChI is InChI=1S/C11H10BrNO/c1-3-4-11(14)13-10-6-5-8(2)7-9(10)12/h5-7H,1-2H3,(H,13,14). The predicted octanol–water partition coefficient (Wildman–Crippen LogP) is 2.72. The van der Waals surface area contributed by atoms with Gasteiger partial charge in [-0.2, -0.15) is 0 Å². The zero-order chi connectivity index (χ0) is 10.6. The van der Waals surface area contributed by atoms with Gasteiger partial charge in [0, 0.05) is 4.47 Å². The summed E-state index contributed by atoms with van der Waals surface area (Å²) in [5.41, 5.74) is 1.87. The third-order valence-corrected chi connectivity index (χ3v) is 2.27. The Hall–Kier alpha value is -1.27. The second-order valence-corrected chi connectivity index (χ2v) is 3.67. The van der Waals surface area contributed by atoms with Crippen LogP contribution in [0.2, 0.25) is 0 Å². The number of hydrogen-bond donors (Lipinski definition) is 1. The van der Waals surface area contributed by atoms with Crippen LogP contribution in [0, 0.1) is 18.8 Å². The second-order valence-electron chi connectivity index (χ2n) is 2.81. The van der Waals surface area contributed by atoms with E-state index < -0.39 is 0 Å². The fourth-order valence-corrected chi connectivity index (χ4v) is 1.58. The quantitative estimate of drug-likeness (QED) is 0.765. The molecule has 0 fully saturated rings. The van der Waals surface area contributed by atoms with Crippen LogP contribution in [0.3, 0.4) is 0 Å². The molecule has 1 aromatic rings. The van der Waals surface area contributed by atoms with Gasteiger partial charge in [0.2, 0.25) is 0 Å². The highest BCUT2D eigenvalue weighted by atomic mass is 79.9. The average Bonchev–Trinajstić information content (AvgIpc) is 2.10. The van der Waals surface area contributed by atoms with Gasteiger partial charge in [-0.1, -0.05) is 12.0 Å². The van der Waals surface area contributed by atoms with Crippen molar-refractivity contribution in [2.24, 2.45) is 0 Å². The van der Waals surface area contributed by atoms with E-state index in [0.29, 0.717) is 0 Å². The molecule has 0 spiro atoms.